The zero-order valence-corrected chi connectivity index (χ0v) is 12.3. The lowest BCUT2D eigenvalue weighted by molar-refractivity contribution is 0.424. The maximum Gasteiger partial charge on any atom is 0.274 e. The van der Waals surface area contributed by atoms with Gasteiger partial charge in [-0.3, -0.25) is 0 Å². The largest absolute Gasteiger partial charge is 0.356 e. The van der Waals surface area contributed by atoms with Crippen molar-refractivity contribution in [3.63, 3.8) is 0 Å². The molecule has 0 bridgehead atoms. The summed E-state index contributed by atoms with van der Waals surface area (Å²) in [6.45, 7) is 0. The summed E-state index contributed by atoms with van der Waals surface area (Å²) in [5.74, 6) is 1.49. The highest BCUT2D eigenvalue weighted by atomic mass is 35.5. The highest BCUT2D eigenvalue weighted by Gasteiger charge is 2.11. The van der Waals surface area contributed by atoms with Crippen molar-refractivity contribution in [2.45, 2.75) is 10.6 Å². The van der Waals surface area contributed by atoms with Gasteiger partial charge in [0.15, 0.2) is 5.82 Å². The van der Waals surface area contributed by atoms with Gasteiger partial charge in [-0.2, -0.15) is 10.2 Å². The van der Waals surface area contributed by atoms with Crippen LogP contribution in [0.1, 0.15) is 11.4 Å². The molecular formula is C14H9ClN4OS. The van der Waals surface area contributed by atoms with Crippen molar-refractivity contribution in [2.24, 2.45) is 0 Å². The molecule has 0 saturated carbocycles. The van der Waals surface area contributed by atoms with Crippen LogP contribution in [0.15, 0.2) is 45.9 Å². The minimum absolute atomic E-state index is 0.367. The Labute approximate surface area is 129 Å². The molecule has 1 aromatic carbocycles. The van der Waals surface area contributed by atoms with Gasteiger partial charge in [-0.1, -0.05) is 28.9 Å². The van der Waals surface area contributed by atoms with Gasteiger partial charge in [-0.25, -0.2) is 0 Å². The summed E-state index contributed by atoms with van der Waals surface area (Å²) in [5, 5.41) is 13.4. The van der Waals surface area contributed by atoms with Gasteiger partial charge in [0, 0.05) is 11.1 Å². The topological polar surface area (TPSA) is 78.5 Å². The lowest BCUT2D eigenvalue weighted by Crippen LogP contribution is -1.84. The first-order valence-corrected chi connectivity index (χ1v) is 7.41. The number of halogens is 1. The van der Waals surface area contributed by atoms with Crippen molar-refractivity contribution < 1.29 is 4.52 Å². The second-order valence-corrected chi connectivity index (χ2v) is 5.57. The molecule has 0 atom stereocenters. The number of H-pyrrole nitrogens is 1. The molecule has 7 heteroatoms. The molecular weight excluding hydrogens is 308 g/mol. The molecule has 0 aliphatic heterocycles. The van der Waals surface area contributed by atoms with E-state index in [9.17, 15) is 0 Å². The van der Waals surface area contributed by atoms with Crippen LogP contribution < -0.4 is 0 Å². The Kier molecular flexibility index (Phi) is 3.95. The van der Waals surface area contributed by atoms with Gasteiger partial charge in [0.25, 0.3) is 5.89 Å². The zero-order valence-electron chi connectivity index (χ0n) is 10.7. The summed E-state index contributed by atoms with van der Waals surface area (Å²) in [6, 6.07) is 11.3. The molecule has 0 saturated heterocycles. The third-order valence-electron chi connectivity index (χ3n) is 2.70. The maximum absolute atomic E-state index is 8.79. The smallest absolute Gasteiger partial charge is 0.274 e. The lowest BCUT2D eigenvalue weighted by atomic mass is 10.3. The lowest BCUT2D eigenvalue weighted by Gasteiger charge is -2.00. The molecule has 21 heavy (non-hydrogen) atoms. The minimum Gasteiger partial charge on any atom is -0.356 e. The van der Waals surface area contributed by atoms with E-state index in [2.05, 4.69) is 15.1 Å². The third kappa shape index (κ3) is 3.10. The average Bonchev–Trinajstić information content (AvgIpc) is 3.15. The first-order valence-electron chi connectivity index (χ1n) is 6.05. The van der Waals surface area contributed by atoms with Crippen LogP contribution in [-0.2, 0) is 5.75 Å². The zero-order chi connectivity index (χ0) is 14.7. The van der Waals surface area contributed by atoms with Crippen molar-refractivity contribution >= 4 is 23.4 Å². The number of rotatable bonds is 4. The Balaban J connectivity index is 1.71. The van der Waals surface area contributed by atoms with Crippen molar-refractivity contribution in [1.82, 2.24) is 15.1 Å². The Morgan fingerprint density at radius 3 is 3.00 bits per heavy atom. The SMILES string of the molecule is N#Cc1c[nH]c(-c2nc(CSc3ccccc3Cl)no2)c1. The molecule has 0 aliphatic carbocycles. The molecule has 0 unspecified atom stereocenters. The molecule has 0 radical (unpaired) electrons. The molecule has 3 aromatic rings. The highest BCUT2D eigenvalue weighted by Crippen LogP contribution is 2.29. The first-order chi connectivity index (χ1) is 10.3. The quantitative estimate of drug-likeness (QED) is 0.739. The van der Waals surface area contributed by atoms with Gasteiger partial charge in [-0.15, -0.1) is 11.8 Å². The minimum atomic E-state index is 0.367. The summed E-state index contributed by atoms with van der Waals surface area (Å²) in [7, 11) is 0. The monoisotopic (exact) mass is 316 g/mol. The second kappa shape index (κ2) is 6.04. The fourth-order valence-electron chi connectivity index (χ4n) is 1.71. The van der Waals surface area contributed by atoms with Crippen LogP contribution in [0.4, 0.5) is 0 Å². The van der Waals surface area contributed by atoms with E-state index in [-0.39, 0.29) is 0 Å². The molecule has 1 N–H and O–H groups in total. The molecule has 5 nitrogen and oxygen atoms in total. The number of nitrogens with one attached hydrogen (secondary N) is 1. The van der Waals surface area contributed by atoms with Crippen LogP contribution in [0.25, 0.3) is 11.6 Å². The molecule has 2 heterocycles. The summed E-state index contributed by atoms with van der Waals surface area (Å²) in [6.07, 6.45) is 1.59. The predicted molar refractivity (Wildman–Crippen MR) is 79.8 cm³/mol. The highest BCUT2D eigenvalue weighted by molar-refractivity contribution is 7.98. The molecule has 3 rings (SSSR count). The van der Waals surface area contributed by atoms with Crippen LogP contribution in [0.5, 0.6) is 0 Å². The number of thioether (sulfide) groups is 1. The number of aromatic amines is 1. The van der Waals surface area contributed by atoms with Crippen LogP contribution >= 0.6 is 23.4 Å². The van der Waals surface area contributed by atoms with Crippen molar-refractivity contribution in [2.75, 3.05) is 0 Å². The van der Waals surface area contributed by atoms with Gasteiger partial charge in [-0.05, 0) is 18.2 Å². The number of nitrogens with zero attached hydrogens (tertiary/aromatic N) is 3. The Hall–Kier alpha value is -2.23. The van der Waals surface area contributed by atoms with Gasteiger partial charge < -0.3 is 9.51 Å². The van der Waals surface area contributed by atoms with E-state index >= 15 is 0 Å². The van der Waals surface area contributed by atoms with Gasteiger partial charge in [0.05, 0.1) is 16.3 Å². The Morgan fingerprint density at radius 1 is 1.38 bits per heavy atom. The van der Waals surface area contributed by atoms with Crippen molar-refractivity contribution in [3.8, 4) is 17.7 Å². The summed E-state index contributed by atoms with van der Waals surface area (Å²) >= 11 is 7.63. The molecule has 0 fully saturated rings. The number of benzene rings is 1. The van der Waals surface area contributed by atoms with E-state index in [1.54, 1.807) is 12.3 Å². The Morgan fingerprint density at radius 2 is 2.24 bits per heavy atom. The number of aromatic nitrogens is 3. The normalized spacial score (nSPS) is 10.5. The molecule has 0 amide bonds. The van der Waals surface area contributed by atoms with E-state index in [1.165, 1.54) is 11.8 Å². The van der Waals surface area contributed by atoms with E-state index < -0.39 is 0 Å². The van der Waals surface area contributed by atoms with E-state index in [0.29, 0.717) is 33.7 Å². The standard InChI is InChI=1S/C14H9ClN4OS/c15-10-3-1-2-4-12(10)21-8-13-18-14(20-19-13)11-5-9(6-16)7-17-11/h1-5,7,17H,8H2. The van der Waals surface area contributed by atoms with Crippen LogP contribution in [0.3, 0.4) is 0 Å². The fraction of sp³-hybridized carbons (Fsp3) is 0.0714. The van der Waals surface area contributed by atoms with Gasteiger partial charge in [0.1, 0.15) is 11.8 Å². The van der Waals surface area contributed by atoms with E-state index in [1.807, 2.05) is 30.3 Å². The molecule has 104 valence electrons. The van der Waals surface area contributed by atoms with Crippen LogP contribution in [0.2, 0.25) is 5.02 Å². The van der Waals surface area contributed by atoms with Gasteiger partial charge >= 0.3 is 0 Å². The number of hydrogen-bond donors (Lipinski definition) is 1. The number of nitriles is 1. The first kappa shape index (κ1) is 13.7. The number of hydrogen-bond acceptors (Lipinski definition) is 5. The molecule has 0 spiro atoms. The van der Waals surface area contributed by atoms with Crippen molar-refractivity contribution in [1.29, 1.82) is 5.26 Å². The fourth-order valence-corrected chi connectivity index (χ4v) is 2.79. The predicted octanol–water partition coefficient (Wildman–Crippen LogP) is 3.88. The molecule has 2 aromatic heterocycles. The van der Waals surface area contributed by atoms with Gasteiger partial charge in [0.2, 0.25) is 0 Å². The van der Waals surface area contributed by atoms with E-state index in [0.717, 1.165) is 4.90 Å². The maximum atomic E-state index is 8.79. The van der Waals surface area contributed by atoms with E-state index in [4.69, 9.17) is 21.4 Å². The summed E-state index contributed by atoms with van der Waals surface area (Å²) in [5.41, 5.74) is 1.16. The second-order valence-electron chi connectivity index (χ2n) is 4.15. The van der Waals surface area contributed by atoms with Crippen LogP contribution in [0, 0.1) is 11.3 Å². The average molecular weight is 317 g/mol. The Bertz CT molecular complexity index is 805. The third-order valence-corrected chi connectivity index (χ3v) is 4.22. The van der Waals surface area contributed by atoms with Crippen molar-refractivity contribution in [3.05, 3.63) is 52.9 Å². The molecule has 0 aliphatic rings. The summed E-state index contributed by atoms with van der Waals surface area (Å²) in [4.78, 5) is 8.18. The van der Waals surface area contributed by atoms with Crippen LogP contribution in [-0.4, -0.2) is 15.1 Å². The summed E-state index contributed by atoms with van der Waals surface area (Å²) < 4.78 is 5.18.